The number of nitrogens with one attached hydrogen (secondary N) is 2. The van der Waals surface area contributed by atoms with Gasteiger partial charge in [-0.15, -0.1) is 0 Å². The van der Waals surface area contributed by atoms with Crippen LogP contribution in [0.15, 0.2) is 11.6 Å². The van der Waals surface area contributed by atoms with E-state index in [4.69, 9.17) is 34.0 Å². The van der Waals surface area contributed by atoms with Gasteiger partial charge in [0.05, 0.1) is 0 Å². The minimum absolute atomic E-state index is 0.0830. The van der Waals surface area contributed by atoms with Crippen molar-refractivity contribution in [3.8, 4) is 0 Å². The van der Waals surface area contributed by atoms with Crippen LogP contribution < -0.4 is 0 Å². The summed E-state index contributed by atoms with van der Waals surface area (Å²) < 4.78 is 0. The Labute approximate surface area is 63.5 Å². The SMILES string of the molecule is C/C(=C/C(=N)Cl)C(=N)Cl. The standard InChI is InChI=1S/C5H6Cl2N2/c1-3(5(7)9)2-4(6)8/h2,8-9H,1H3/b3-2-,8-4?,9-5?. The lowest BCUT2D eigenvalue weighted by molar-refractivity contribution is 1.48. The Morgan fingerprint density at radius 1 is 1.33 bits per heavy atom. The van der Waals surface area contributed by atoms with Crippen molar-refractivity contribution in [3.05, 3.63) is 11.6 Å². The van der Waals surface area contributed by atoms with Gasteiger partial charge < -0.3 is 0 Å². The normalized spacial score (nSPS) is 11.2. The summed E-state index contributed by atoms with van der Waals surface area (Å²) in [6.45, 7) is 1.62. The minimum atomic E-state index is -0.113. The maximum atomic E-state index is 6.84. The third-order valence-electron chi connectivity index (χ3n) is 0.689. The number of allylic oxidation sites excluding steroid dienone is 2. The molecule has 4 heteroatoms. The average Bonchev–Trinajstić information content (AvgIpc) is 1.63. The van der Waals surface area contributed by atoms with Gasteiger partial charge in [0.2, 0.25) is 0 Å². The molecule has 0 amide bonds. The van der Waals surface area contributed by atoms with Crippen LogP contribution in [-0.2, 0) is 0 Å². The van der Waals surface area contributed by atoms with Crippen molar-refractivity contribution in [2.24, 2.45) is 0 Å². The van der Waals surface area contributed by atoms with E-state index in [9.17, 15) is 0 Å². The summed E-state index contributed by atoms with van der Waals surface area (Å²) in [4.78, 5) is 0. The molecule has 50 valence electrons. The van der Waals surface area contributed by atoms with E-state index < -0.39 is 0 Å². The molecule has 0 aliphatic heterocycles. The molecular weight excluding hydrogens is 159 g/mol. The molecule has 2 N–H and O–H groups in total. The Morgan fingerprint density at radius 3 is 1.89 bits per heavy atom. The van der Waals surface area contributed by atoms with Crippen LogP contribution in [0.3, 0.4) is 0 Å². The highest BCUT2D eigenvalue weighted by Gasteiger charge is 1.93. The van der Waals surface area contributed by atoms with Gasteiger partial charge in [-0.3, -0.25) is 10.8 Å². The lowest BCUT2D eigenvalue weighted by Gasteiger charge is -1.90. The third-order valence-corrected chi connectivity index (χ3v) is 1.10. The fourth-order valence-electron chi connectivity index (χ4n) is 0.253. The molecule has 0 rings (SSSR count). The molecule has 2 nitrogen and oxygen atoms in total. The number of halogens is 2. The number of rotatable bonds is 2. The lowest BCUT2D eigenvalue weighted by Crippen LogP contribution is -1.88. The predicted octanol–water partition coefficient (Wildman–Crippen LogP) is 2.36. The Hall–Kier alpha value is -0.340. The first-order valence-corrected chi connectivity index (χ1v) is 2.96. The van der Waals surface area contributed by atoms with E-state index in [-0.39, 0.29) is 10.3 Å². The van der Waals surface area contributed by atoms with E-state index in [0.29, 0.717) is 5.57 Å². The van der Waals surface area contributed by atoms with Crippen LogP contribution in [0.5, 0.6) is 0 Å². The minimum Gasteiger partial charge on any atom is -0.289 e. The average molecular weight is 165 g/mol. The Bertz CT molecular complexity index is 172. The van der Waals surface area contributed by atoms with Crippen molar-refractivity contribution < 1.29 is 0 Å². The van der Waals surface area contributed by atoms with Gasteiger partial charge in [0, 0.05) is 0 Å². The molecule has 0 bridgehead atoms. The van der Waals surface area contributed by atoms with Crippen LogP contribution in [0, 0.1) is 10.8 Å². The zero-order valence-corrected chi connectivity index (χ0v) is 6.35. The van der Waals surface area contributed by atoms with Gasteiger partial charge >= 0.3 is 0 Å². The van der Waals surface area contributed by atoms with Crippen molar-refractivity contribution >= 4 is 33.5 Å². The molecule has 0 saturated carbocycles. The molecule has 0 atom stereocenters. The molecule has 0 spiro atoms. The molecule has 0 fully saturated rings. The van der Waals surface area contributed by atoms with Crippen LogP contribution in [-0.4, -0.2) is 10.3 Å². The fourth-order valence-corrected chi connectivity index (χ4v) is 0.472. The highest BCUT2D eigenvalue weighted by Crippen LogP contribution is 2.00. The van der Waals surface area contributed by atoms with E-state index in [1.807, 2.05) is 0 Å². The summed E-state index contributed by atoms with van der Waals surface area (Å²) in [7, 11) is 0. The maximum absolute atomic E-state index is 6.84. The largest absolute Gasteiger partial charge is 0.289 e. The number of hydrogen-bond acceptors (Lipinski definition) is 2. The van der Waals surface area contributed by atoms with E-state index in [2.05, 4.69) is 0 Å². The second-order valence-corrected chi connectivity index (χ2v) is 2.27. The predicted molar refractivity (Wildman–Crippen MR) is 40.9 cm³/mol. The second kappa shape index (κ2) is 3.64. The van der Waals surface area contributed by atoms with Crippen LogP contribution in [0.4, 0.5) is 0 Å². The summed E-state index contributed by atoms with van der Waals surface area (Å²) in [5.74, 6) is 0. The molecule has 0 aromatic heterocycles. The number of hydrogen-bond donors (Lipinski definition) is 2. The van der Waals surface area contributed by atoms with Gasteiger partial charge in [0.15, 0.2) is 0 Å². The van der Waals surface area contributed by atoms with Gasteiger partial charge in [-0.1, -0.05) is 23.2 Å². The molecule has 0 aromatic carbocycles. The van der Waals surface area contributed by atoms with Gasteiger partial charge in [0.1, 0.15) is 10.3 Å². The quantitative estimate of drug-likeness (QED) is 0.590. The Kier molecular flexibility index (Phi) is 3.50. The first-order valence-electron chi connectivity index (χ1n) is 2.21. The molecule has 0 radical (unpaired) electrons. The summed E-state index contributed by atoms with van der Waals surface area (Å²) in [5.41, 5.74) is 0.497. The molecule has 0 aliphatic carbocycles. The zero-order chi connectivity index (χ0) is 7.44. The van der Waals surface area contributed by atoms with Crippen molar-refractivity contribution in [1.29, 1.82) is 10.8 Å². The Balaban J connectivity index is 4.17. The highest BCUT2D eigenvalue weighted by atomic mass is 35.5. The second-order valence-electron chi connectivity index (χ2n) is 1.49. The first kappa shape index (κ1) is 8.66. The van der Waals surface area contributed by atoms with Crippen molar-refractivity contribution in [2.75, 3.05) is 0 Å². The lowest BCUT2D eigenvalue weighted by atomic mass is 10.3. The van der Waals surface area contributed by atoms with Crippen molar-refractivity contribution in [1.82, 2.24) is 0 Å². The molecule has 0 aromatic rings. The molecule has 9 heavy (non-hydrogen) atoms. The van der Waals surface area contributed by atoms with E-state index >= 15 is 0 Å². The van der Waals surface area contributed by atoms with Crippen LogP contribution in [0.2, 0.25) is 0 Å². The topological polar surface area (TPSA) is 47.7 Å². The van der Waals surface area contributed by atoms with Crippen LogP contribution in [0.1, 0.15) is 6.92 Å². The summed E-state index contributed by atoms with van der Waals surface area (Å²) in [6, 6.07) is 0. The monoisotopic (exact) mass is 164 g/mol. The van der Waals surface area contributed by atoms with Crippen LogP contribution in [0.25, 0.3) is 0 Å². The molecule has 0 aliphatic rings. The van der Waals surface area contributed by atoms with Crippen LogP contribution >= 0.6 is 23.2 Å². The van der Waals surface area contributed by atoms with E-state index in [1.165, 1.54) is 6.08 Å². The van der Waals surface area contributed by atoms with Gasteiger partial charge in [-0.05, 0) is 18.6 Å². The van der Waals surface area contributed by atoms with Crippen molar-refractivity contribution in [3.63, 3.8) is 0 Å². The zero-order valence-electron chi connectivity index (χ0n) is 4.83. The van der Waals surface area contributed by atoms with Gasteiger partial charge in [-0.2, -0.15) is 0 Å². The van der Waals surface area contributed by atoms with Gasteiger partial charge in [0.25, 0.3) is 0 Å². The summed E-state index contributed by atoms with van der Waals surface area (Å²) in [6.07, 6.45) is 1.32. The molecule has 0 saturated heterocycles. The van der Waals surface area contributed by atoms with Gasteiger partial charge in [-0.25, -0.2) is 0 Å². The molecule has 0 unspecified atom stereocenters. The Morgan fingerprint density at radius 2 is 1.78 bits per heavy atom. The highest BCUT2D eigenvalue weighted by molar-refractivity contribution is 6.71. The maximum Gasteiger partial charge on any atom is 0.123 e. The van der Waals surface area contributed by atoms with E-state index in [0.717, 1.165) is 0 Å². The van der Waals surface area contributed by atoms with E-state index in [1.54, 1.807) is 6.92 Å². The molecule has 0 heterocycles. The smallest absolute Gasteiger partial charge is 0.123 e. The fraction of sp³-hybridized carbons (Fsp3) is 0.200. The summed E-state index contributed by atoms with van der Waals surface area (Å²) >= 11 is 10.4. The molecular formula is C5H6Cl2N2. The van der Waals surface area contributed by atoms with Crippen molar-refractivity contribution in [2.45, 2.75) is 6.92 Å². The summed E-state index contributed by atoms with van der Waals surface area (Å²) in [5, 5.41) is 13.4. The third kappa shape index (κ3) is 4.18. The first-order chi connectivity index (χ1) is 4.04.